The molecule has 1 aromatic heterocycles. The first-order valence-electron chi connectivity index (χ1n) is 14.0. The van der Waals surface area contributed by atoms with Crippen LogP contribution in [0.3, 0.4) is 0 Å². The SMILES string of the molecule is Cc1ccccc1-c1cc(N2CCN(S(C)(=O)=O)[C@@H](C)C2)ncc1N(C)C(=O)C(C)(C)c1cc(C(F)(F)F)cc(C(F)(F)F)c1. The summed E-state index contributed by atoms with van der Waals surface area (Å²) in [7, 11) is -2.01. The van der Waals surface area contributed by atoms with Crippen molar-refractivity contribution in [3.8, 4) is 11.1 Å². The molecule has 0 aliphatic carbocycles. The van der Waals surface area contributed by atoms with Gasteiger partial charge in [-0.15, -0.1) is 0 Å². The van der Waals surface area contributed by atoms with Gasteiger partial charge in [-0.3, -0.25) is 4.79 Å². The highest BCUT2D eigenvalue weighted by atomic mass is 32.2. The van der Waals surface area contributed by atoms with Crippen molar-refractivity contribution in [1.29, 1.82) is 0 Å². The maximum atomic E-state index is 14.0. The highest BCUT2D eigenvalue weighted by molar-refractivity contribution is 7.88. The fourth-order valence-electron chi connectivity index (χ4n) is 5.58. The Hall–Kier alpha value is -3.65. The number of carbonyl (C=O) groups excluding carboxylic acids is 1. The van der Waals surface area contributed by atoms with Gasteiger partial charge >= 0.3 is 12.4 Å². The van der Waals surface area contributed by atoms with E-state index < -0.39 is 50.4 Å². The summed E-state index contributed by atoms with van der Waals surface area (Å²) in [5.74, 6) is -0.237. The topological polar surface area (TPSA) is 73.8 Å². The largest absolute Gasteiger partial charge is 0.416 e. The number of hydrogen-bond acceptors (Lipinski definition) is 5. The predicted octanol–water partition coefficient (Wildman–Crippen LogP) is 6.51. The average molecular weight is 657 g/mol. The van der Waals surface area contributed by atoms with Crippen molar-refractivity contribution in [2.24, 2.45) is 0 Å². The van der Waals surface area contributed by atoms with Gasteiger partial charge in [0.05, 0.1) is 34.7 Å². The molecule has 0 saturated carbocycles. The average Bonchev–Trinajstić information content (AvgIpc) is 2.94. The summed E-state index contributed by atoms with van der Waals surface area (Å²) in [6, 6.07) is 9.91. The third-order valence-corrected chi connectivity index (χ3v) is 9.52. The van der Waals surface area contributed by atoms with E-state index >= 15 is 0 Å². The number of likely N-dealkylation sites (N-methyl/N-ethyl adjacent to an activating group) is 1. The van der Waals surface area contributed by atoms with E-state index in [9.17, 15) is 39.6 Å². The molecule has 3 aromatic rings. The number of amides is 1. The van der Waals surface area contributed by atoms with Crippen molar-refractivity contribution in [2.45, 2.75) is 51.5 Å². The summed E-state index contributed by atoms with van der Waals surface area (Å²) in [6.07, 6.45) is -7.54. The second-order valence-electron chi connectivity index (χ2n) is 11.8. The number of rotatable bonds is 6. The number of pyridine rings is 1. The third kappa shape index (κ3) is 7.11. The fourth-order valence-corrected chi connectivity index (χ4v) is 6.71. The van der Waals surface area contributed by atoms with Gasteiger partial charge in [-0.05, 0) is 68.7 Å². The van der Waals surface area contributed by atoms with Crippen LogP contribution in [0, 0.1) is 6.92 Å². The van der Waals surface area contributed by atoms with E-state index in [0.29, 0.717) is 36.6 Å². The van der Waals surface area contributed by atoms with Gasteiger partial charge in [-0.25, -0.2) is 13.4 Å². The van der Waals surface area contributed by atoms with E-state index in [1.54, 1.807) is 19.1 Å². The van der Waals surface area contributed by atoms with Crippen LogP contribution < -0.4 is 9.80 Å². The lowest BCUT2D eigenvalue weighted by Gasteiger charge is -2.39. The maximum absolute atomic E-state index is 14.0. The van der Waals surface area contributed by atoms with Crippen molar-refractivity contribution in [3.05, 3.63) is 77.0 Å². The van der Waals surface area contributed by atoms with Crippen molar-refractivity contribution in [3.63, 3.8) is 0 Å². The van der Waals surface area contributed by atoms with Crippen LogP contribution in [0.5, 0.6) is 0 Å². The minimum Gasteiger partial charge on any atom is -0.354 e. The van der Waals surface area contributed by atoms with Crippen LogP contribution in [-0.4, -0.2) is 62.6 Å². The zero-order valence-electron chi connectivity index (χ0n) is 25.6. The van der Waals surface area contributed by atoms with Crippen LogP contribution in [0.4, 0.5) is 37.8 Å². The van der Waals surface area contributed by atoms with Gasteiger partial charge < -0.3 is 9.80 Å². The molecular formula is C31H34F6N4O3S. The van der Waals surface area contributed by atoms with E-state index in [2.05, 4.69) is 4.98 Å². The van der Waals surface area contributed by atoms with Crippen LogP contribution in [0.1, 0.15) is 43.0 Å². The van der Waals surface area contributed by atoms with Gasteiger partial charge in [0.15, 0.2) is 0 Å². The minimum absolute atomic E-state index is 0.0311. The smallest absolute Gasteiger partial charge is 0.354 e. The molecule has 1 saturated heterocycles. The Morgan fingerprint density at radius 1 is 0.911 bits per heavy atom. The van der Waals surface area contributed by atoms with Crippen LogP contribution in [-0.2, 0) is 32.6 Å². The van der Waals surface area contributed by atoms with E-state index in [1.807, 2.05) is 30.0 Å². The molecule has 0 N–H and O–H groups in total. The number of aryl methyl sites for hydroxylation is 1. The van der Waals surface area contributed by atoms with Gasteiger partial charge in [-0.1, -0.05) is 24.3 Å². The maximum Gasteiger partial charge on any atom is 0.416 e. The van der Waals surface area contributed by atoms with Crippen molar-refractivity contribution >= 4 is 27.4 Å². The summed E-state index contributed by atoms with van der Waals surface area (Å²) in [5.41, 5.74) is -2.84. The van der Waals surface area contributed by atoms with Crippen LogP contribution >= 0.6 is 0 Å². The standard InChI is InChI=1S/C31H34F6N4O3S/c1-19-9-7-8-10-24(19)25-16-27(40-11-12-41(20(2)18-40)45(6,43)44)38-17-26(25)39(5)28(42)29(3,4)21-13-22(30(32,33)34)15-23(14-21)31(35,36)37/h7-10,13-17,20H,11-12,18H2,1-6H3/t20-/m0/s1. The molecule has 2 aromatic carbocycles. The summed E-state index contributed by atoms with van der Waals surface area (Å²) in [6.45, 7) is 7.16. The van der Waals surface area contributed by atoms with Crippen molar-refractivity contribution < 1.29 is 39.6 Å². The zero-order chi connectivity index (χ0) is 33.7. The Morgan fingerprint density at radius 3 is 1.98 bits per heavy atom. The summed E-state index contributed by atoms with van der Waals surface area (Å²) < 4.78 is 107. The third-order valence-electron chi connectivity index (χ3n) is 8.13. The molecular weight excluding hydrogens is 622 g/mol. The number of halogens is 6. The van der Waals surface area contributed by atoms with Gasteiger partial charge in [-0.2, -0.15) is 30.6 Å². The summed E-state index contributed by atoms with van der Waals surface area (Å²) in [5, 5.41) is 0. The summed E-state index contributed by atoms with van der Waals surface area (Å²) >= 11 is 0. The lowest BCUT2D eigenvalue weighted by atomic mass is 9.81. The Bertz CT molecular complexity index is 1670. The second-order valence-corrected chi connectivity index (χ2v) is 13.8. The molecule has 0 unspecified atom stereocenters. The number of nitrogens with zero attached hydrogens (tertiary/aromatic N) is 4. The first kappa shape index (κ1) is 34.2. The monoisotopic (exact) mass is 656 g/mol. The number of carbonyl (C=O) groups is 1. The Morgan fingerprint density at radius 2 is 1.47 bits per heavy atom. The number of aromatic nitrogens is 1. The quantitative estimate of drug-likeness (QED) is 0.283. The highest BCUT2D eigenvalue weighted by Gasteiger charge is 2.41. The lowest BCUT2D eigenvalue weighted by Crippen LogP contribution is -2.53. The molecule has 1 aliphatic heterocycles. The van der Waals surface area contributed by atoms with Crippen LogP contribution in [0.2, 0.25) is 0 Å². The molecule has 244 valence electrons. The number of alkyl halides is 6. The molecule has 0 radical (unpaired) electrons. The number of anilines is 2. The molecule has 1 amide bonds. The fraction of sp³-hybridized carbons (Fsp3) is 0.419. The molecule has 2 heterocycles. The lowest BCUT2D eigenvalue weighted by molar-refractivity contribution is -0.143. The molecule has 14 heteroatoms. The Kier molecular flexibility index (Phi) is 9.08. The van der Waals surface area contributed by atoms with E-state index in [0.717, 1.165) is 17.4 Å². The number of benzene rings is 2. The highest BCUT2D eigenvalue weighted by Crippen LogP contribution is 2.41. The minimum atomic E-state index is -5.07. The van der Waals surface area contributed by atoms with E-state index in [1.165, 1.54) is 36.3 Å². The molecule has 0 spiro atoms. The summed E-state index contributed by atoms with van der Waals surface area (Å²) in [4.78, 5) is 21.6. The van der Waals surface area contributed by atoms with E-state index in [-0.39, 0.29) is 24.3 Å². The molecule has 1 fully saturated rings. The number of piperazine rings is 1. The van der Waals surface area contributed by atoms with E-state index in [4.69, 9.17) is 0 Å². The normalized spacial score (nSPS) is 17.0. The van der Waals surface area contributed by atoms with Gasteiger partial charge in [0.1, 0.15) is 5.82 Å². The molecule has 1 aliphatic rings. The predicted molar refractivity (Wildman–Crippen MR) is 161 cm³/mol. The van der Waals surface area contributed by atoms with Gasteiger partial charge in [0.2, 0.25) is 15.9 Å². The van der Waals surface area contributed by atoms with Crippen molar-refractivity contribution in [2.75, 3.05) is 42.7 Å². The molecule has 0 bridgehead atoms. The molecule has 7 nitrogen and oxygen atoms in total. The first-order chi connectivity index (χ1) is 20.6. The Labute approximate surface area is 258 Å². The number of sulfonamides is 1. The van der Waals surface area contributed by atoms with Gasteiger partial charge in [0.25, 0.3) is 0 Å². The first-order valence-corrected chi connectivity index (χ1v) is 15.8. The van der Waals surface area contributed by atoms with Crippen molar-refractivity contribution in [1.82, 2.24) is 9.29 Å². The van der Waals surface area contributed by atoms with Crippen LogP contribution in [0.25, 0.3) is 11.1 Å². The Balaban J connectivity index is 1.78. The molecule has 45 heavy (non-hydrogen) atoms. The van der Waals surface area contributed by atoms with Crippen LogP contribution in [0.15, 0.2) is 54.7 Å². The number of hydrogen-bond donors (Lipinski definition) is 0. The van der Waals surface area contributed by atoms with Gasteiger partial charge in [0, 0.05) is 38.3 Å². The molecule has 1 atom stereocenters. The molecule has 4 rings (SSSR count). The second kappa shape index (κ2) is 11.9. The zero-order valence-corrected chi connectivity index (χ0v) is 26.4.